The van der Waals surface area contributed by atoms with Gasteiger partial charge in [-0.2, -0.15) is 0 Å². The molecule has 0 amide bonds. The van der Waals surface area contributed by atoms with Crippen LogP contribution in [0.25, 0.3) is 21.6 Å². The molecule has 0 saturated carbocycles. The number of hydrogen-bond donors (Lipinski definition) is 0. The van der Waals surface area contributed by atoms with Gasteiger partial charge >= 0.3 is 0 Å². The van der Waals surface area contributed by atoms with E-state index in [0.717, 1.165) is 11.1 Å². The minimum atomic E-state index is 1.13. The third-order valence-electron chi connectivity index (χ3n) is 3.34. The molecule has 2 heterocycles. The molecule has 0 radical (unpaired) electrons. The van der Waals surface area contributed by atoms with Crippen LogP contribution < -0.4 is 0 Å². The summed E-state index contributed by atoms with van der Waals surface area (Å²) in [5.74, 6) is 0. The predicted octanol–water partition coefficient (Wildman–Crippen LogP) is 6.29. The minimum Gasteiger partial charge on any atom is -0.135 e. The lowest BCUT2D eigenvalue weighted by Crippen LogP contribution is -1.64. The van der Waals surface area contributed by atoms with E-state index in [-0.39, 0.29) is 0 Å². The van der Waals surface area contributed by atoms with Gasteiger partial charge in [-0.05, 0) is 60.7 Å². The van der Waals surface area contributed by atoms with Crippen LogP contribution in [0.5, 0.6) is 0 Å². The van der Waals surface area contributed by atoms with Crippen LogP contribution in [0.3, 0.4) is 0 Å². The van der Waals surface area contributed by atoms with Crippen LogP contribution in [-0.4, -0.2) is 0 Å². The summed E-state index contributed by atoms with van der Waals surface area (Å²) in [5, 5.41) is 0. The second-order valence-electron chi connectivity index (χ2n) is 4.94. The van der Waals surface area contributed by atoms with Crippen molar-refractivity contribution in [3.63, 3.8) is 0 Å². The number of rotatable bonds is 4. The quantitative estimate of drug-likeness (QED) is 0.581. The Hall–Kier alpha value is -2.34. The molecule has 2 aromatic rings. The van der Waals surface area contributed by atoms with E-state index in [1.807, 2.05) is 47.0 Å². The summed E-state index contributed by atoms with van der Waals surface area (Å²) < 4.78 is 2.70. The van der Waals surface area contributed by atoms with Crippen LogP contribution in [0.1, 0.15) is 9.75 Å². The first-order valence-electron chi connectivity index (χ1n) is 7.03. The zero-order valence-corrected chi connectivity index (χ0v) is 13.4. The summed E-state index contributed by atoms with van der Waals surface area (Å²) in [6.45, 7) is 0. The van der Waals surface area contributed by atoms with Gasteiger partial charge in [-0.1, -0.05) is 12.2 Å². The molecule has 0 saturated heterocycles. The summed E-state index contributed by atoms with van der Waals surface area (Å²) in [5.41, 5.74) is 8.63. The fourth-order valence-corrected chi connectivity index (χ4v) is 4.50. The molecule has 0 N–H and O–H groups in total. The number of allylic oxidation sites excluding steroid dienone is 8. The molecule has 2 heteroatoms. The number of hydrogen-bond acceptors (Lipinski definition) is 2. The summed E-state index contributed by atoms with van der Waals surface area (Å²) in [4.78, 5) is 2.58. The molecule has 2 aliphatic rings. The Morgan fingerprint density at radius 2 is 1.18 bits per heavy atom. The predicted molar refractivity (Wildman–Crippen MR) is 99.2 cm³/mol. The first kappa shape index (κ1) is 13.3. The lowest BCUT2D eigenvalue weighted by molar-refractivity contribution is 1.80. The van der Waals surface area contributed by atoms with Crippen LogP contribution in [-0.2, 0) is 0 Å². The largest absolute Gasteiger partial charge is 0.135 e. The lowest BCUT2D eigenvalue weighted by atomic mass is 10.2. The first-order chi connectivity index (χ1) is 10.9. The molecule has 2 aliphatic carbocycles. The highest BCUT2D eigenvalue weighted by Gasteiger charge is 2.04. The fraction of sp³-hybridized carbons (Fsp3) is 0. The molecule has 0 spiro atoms. The zero-order valence-electron chi connectivity index (χ0n) is 11.7. The highest BCUT2D eigenvalue weighted by Crippen LogP contribution is 2.34. The van der Waals surface area contributed by atoms with Crippen molar-refractivity contribution in [3.8, 4) is 0 Å². The molecule has 0 bridgehead atoms. The van der Waals surface area contributed by atoms with E-state index in [2.05, 4.69) is 60.1 Å². The average Bonchev–Trinajstić information content (AvgIpc) is 3.26. The Kier molecular flexibility index (Phi) is 3.52. The van der Waals surface area contributed by atoms with Gasteiger partial charge in [0.25, 0.3) is 0 Å². The number of fused-ring (bicyclic) bond motifs is 1. The average molecular weight is 316 g/mol. The van der Waals surface area contributed by atoms with Crippen molar-refractivity contribution in [1.29, 1.82) is 0 Å². The van der Waals surface area contributed by atoms with E-state index < -0.39 is 0 Å². The van der Waals surface area contributed by atoms with Gasteiger partial charge in [0.1, 0.15) is 0 Å². The maximum Gasteiger partial charge on any atom is 0.0463 e. The van der Waals surface area contributed by atoms with Crippen molar-refractivity contribution in [2.24, 2.45) is 0 Å². The Labute approximate surface area is 137 Å². The second kappa shape index (κ2) is 5.81. The molecule has 0 aromatic carbocycles. The van der Waals surface area contributed by atoms with Gasteiger partial charge in [-0.3, -0.25) is 0 Å². The van der Waals surface area contributed by atoms with Crippen molar-refractivity contribution in [3.05, 3.63) is 93.1 Å². The highest BCUT2D eigenvalue weighted by molar-refractivity contribution is 7.28. The first-order valence-corrected chi connectivity index (χ1v) is 8.66. The molecular weight excluding hydrogens is 304 g/mol. The van der Waals surface area contributed by atoms with Crippen molar-refractivity contribution in [1.82, 2.24) is 0 Å². The summed E-state index contributed by atoms with van der Waals surface area (Å²) >= 11 is 3.66. The van der Waals surface area contributed by atoms with Crippen molar-refractivity contribution in [2.75, 3.05) is 0 Å². The van der Waals surface area contributed by atoms with Crippen molar-refractivity contribution < 1.29 is 0 Å². The van der Waals surface area contributed by atoms with Gasteiger partial charge in [0, 0.05) is 30.3 Å². The Bertz CT molecular complexity index is 875. The molecule has 104 valence electrons. The zero-order chi connectivity index (χ0) is 14.8. The van der Waals surface area contributed by atoms with E-state index in [1.54, 1.807) is 0 Å². The van der Waals surface area contributed by atoms with Gasteiger partial charge in [0.15, 0.2) is 0 Å². The van der Waals surface area contributed by atoms with Gasteiger partial charge in [-0.15, -0.1) is 34.1 Å². The standard InChI is InChI=1S/C20H12S2/c1-2-6-15(5-1)9-11-17-13-19-20(21-17)14-18(22-19)12-10-16-7-3-4-8-16/h1-5,7,9-14H/b11-9+,12-10+. The van der Waals surface area contributed by atoms with Gasteiger partial charge < -0.3 is 0 Å². The Balaban J connectivity index is 1.54. The molecule has 4 rings (SSSR count). The van der Waals surface area contributed by atoms with Crippen LogP contribution in [0.2, 0.25) is 0 Å². The van der Waals surface area contributed by atoms with Gasteiger partial charge in [0.05, 0.1) is 0 Å². The molecule has 0 nitrogen and oxygen atoms in total. The molecule has 22 heavy (non-hydrogen) atoms. The third-order valence-corrected chi connectivity index (χ3v) is 5.57. The molecule has 2 aromatic heterocycles. The topological polar surface area (TPSA) is 0 Å². The van der Waals surface area contributed by atoms with Crippen molar-refractivity contribution >= 4 is 44.2 Å². The summed E-state index contributed by atoms with van der Waals surface area (Å²) in [6.07, 6.45) is 20.6. The molecular formula is C20H12S2. The summed E-state index contributed by atoms with van der Waals surface area (Å²) in [7, 11) is 0. The van der Waals surface area contributed by atoms with Crippen LogP contribution in [0.4, 0.5) is 0 Å². The van der Waals surface area contributed by atoms with E-state index >= 15 is 0 Å². The third kappa shape index (κ3) is 2.82. The highest BCUT2D eigenvalue weighted by atomic mass is 32.1. The SMILES string of the molecule is C1=CC=CC=1/C=C/c1cc2sc(/C=C/C3=C=CC=C3)cc2s1. The second-order valence-corrected chi connectivity index (χ2v) is 7.17. The molecule has 0 aliphatic heterocycles. The molecule has 0 fully saturated rings. The van der Waals surface area contributed by atoms with E-state index in [9.17, 15) is 0 Å². The Morgan fingerprint density at radius 1 is 0.682 bits per heavy atom. The van der Waals surface area contributed by atoms with Gasteiger partial charge in [-0.25, -0.2) is 0 Å². The molecule has 0 atom stereocenters. The number of thiophene rings is 2. The lowest BCUT2D eigenvalue weighted by Gasteiger charge is -1.86. The molecule has 0 unspecified atom stereocenters. The maximum atomic E-state index is 3.18. The normalized spacial score (nSPS) is 16.0. The van der Waals surface area contributed by atoms with Crippen LogP contribution in [0, 0.1) is 0 Å². The van der Waals surface area contributed by atoms with E-state index in [1.165, 1.54) is 19.2 Å². The fourth-order valence-electron chi connectivity index (χ4n) is 2.28. The van der Waals surface area contributed by atoms with E-state index in [0.29, 0.717) is 0 Å². The summed E-state index contributed by atoms with van der Waals surface area (Å²) in [6, 6.07) is 4.52. The van der Waals surface area contributed by atoms with Gasteiger partial charge in [0.2, 0.25) is 0 Å². The maximum absolute atomic E-state index is 3.18. The Morgan fingerprint density at radius 3 is 1.59 bits per heavy atom. The van der Waals surface area contributed by atoms with Crippen molar-refractivity contribution in [2.45, 2.75) is 0 Å². The minimum absolute atomic E-state index is 1.13. The monoisotopic (exact) mass is 316 g/mol. The van der Waals surface area contributed by atoms with E-state index in [4.69, 9.17) is 0 Å². The smallest absolute Gasteiger partial charge is 0.0463 e. The van der Waals surface area contributed by atoms with Crippen LogP contribution >= 0.6 is 22.7 Å². The van der Waals surface area contributed by atoms with Crippen LogP contribution in [0.15, 0.2) is 83.3 Å².